The number of esters is 1. The van der Waals surface area contributed by atoms with Crippen LogP contribution in [0, 0.1) is 0 Å². The quantitative estimate of drug-likeness (QED) is 0.274. The second kappa shape index (κ2) is 10.1. The maximum atomic E-state index is 14.0. The number of hydrogen-bond acceptors (Lipinski definition) is 5. The minimum absolute atomic E-state index is 0.261. The summed E-state index contributed by atoms with van der Waals surface area (Å²) in [7, 11) is 0. The lowest BCUT2D eigenvalue weighted by atomic mass is 9.79. The van der Waals surface area contributed by atoms with Crippen molar-refractivity contribution in [3.63, 3.8) is 0 Å². The van der Waals surface area contributed by atoms with Crippen molar-refractivity contribution in [2.45, 2.75) is 25.0 Å². The second-order valence-corrected chi connectivity index (χ2v) is 8.84. The molecule has 2 atom stereocenters. The summed E-state index contributed by atoms with van der Waals surface area (Å²) in [5.41, 5.74) is 9.20. The standard InChI is InChI=1S/C31H29N3O2/c1-2-36-30(35)31(26-16-10-5-11-17-26)28(24-18-20-27(32)21-19-24)34(22-23-12-6-3-7-13-23)29(33-31)25-14-8-4-9-15-25/h3-21,28H,2,22,32H2,1H3/t28-,31-/m1/s1. The maximum Gasteiger partial charge on any atom is 0.341 e. The molecule has 36 heavy (non-hydrogen) atoms. The number of hydrogen-bond donors (Lipinski definition) is 1. The molecule has 0 radical (unpaired) electrons. The van der Waals surface area contributed by atoms with Gasteiger partial charge in [0.2, 0.25) is 5.54 Å². The van der Waals surface area contributed by atoms with E-state index in [4.69, 9.17) is 15.5 Å². The van der Waals surface area contributed by atoms with E-state index < -0.39 is 11.6 Å². The molecule has 2 N–H and O–H groups in total. The third-order valence-electron chi connectivity index (χ3n) is 6.54. The van der Waals surface area contributed by atoms with Gasteiger partial charge in [-0.05, 0) is 35.7 Å². The summed E-state index contributed by atoms with van der Waals surface area (Å²) >= 11 is 0. The van der Waals surface area contributed by atoms with Crippen molar-refractivity contribution in [2.24, 2.45) is 4.99 Å². The number of anilines is 1. The van der Waals surface area contributed by atoms with Gasteiger partial charge in [-0.25, -0.2) is 9.79 Å². The molecule has 0 spiro atoms. The summed E-state index contributed by atoms with van der Waals surface area (Å²) in [5, 5.41) is 0. The molecule has 0 saturated heterocycles. The molecule has 0 saturated carbocycles. The van der Waals surface area contributed by atoms with Gasteiger partial charge < -0.3 is 15.4 Å². The molecule has 1 heterocycles. The van der Waals surface area contributed by atoms with Crippen molar-refractivity contribution in [1.82, 2.24) is 4.90 Å². The highest BCUT2D eigenvalue weighted by Gasteiger charge is 2.57. The molecule has 1 aliphatic rings. The monoisotopic (exact) mass is 475 g/mol. The van der Waals surface area contributed by atoms with Gasteiger partial charge in [0.25, 0.3) is 0 Å². The Balaban J connectivity index is 1.79. The molecular weight excluding hydrogens is 446 g/mol. The van der Waals surface area contributed by atoms with E-state index in [2.05, 4.69) is 17.0 Å². The highest BCUT2D eigenvalue weighted by Crippen LogP contribution is 2.50. The zero-order valence-corrected chi connectivity index (χ0v) is 20.2. The van der Waals surface area contributed by atoms with Gasteiger partial charge >= 0.3 is 5.97 Å². The molecule has 5 nitrogen and oxygen atoms in total. The predicted molar refractivity (Wildman–Crippen MR) is 143 cm³/mol. The van der Waals surface area contributed by atoms with Crippen molar-refractivity contribution >= 4 is 17.5 Å². The lowest BCUT2D eigenvalue weighted by Gasteiger charge is -2.37. The summed E-state index contributed by atoms with van der Waals surface area (Å²) in [5.74, 6) is 0.375. The van der Waals surface area contributed by atoms with Crippen molar-refractivity contribution in [2.75, 3.05) is 12.3 Å². The predicted octanol–water partition coefficient (Wildman–Crippen LogP) is 5.73. The van der Waals surface area contributed by atoms with E-state index in [9.17, 15) is 4.79 Å². The first kappa shape index (κ1) is 23.4. The average molecular weight is 476 g/mol. The fourth-order valence-electron chi connectivity index (χ4n) is 4.93. The molecule has 4 aromatic carbocycles. The fraction of sp³-hybridized carbons (Fsp3) is 0.161. The molecule has 0 amide bonds. The van der Waals surface area contributed by atoms with Crippen LogP contribution in [0.3, 0.4) is 0 Å². The highest BCUT2D eigenvalue weighted by molar-refractivity contribution is 6.04. The van der Waals surface area contributed by atoms with Crippen molar-refractivity contribution in [3.05, 3.63) is 138 Å². The van der Waals surface area contributed by atoms with Crippen molar-refractivity contribution in [1.29, 1.82) is 0 Å². The largest absolute Gasteiger partial charge is 0.464 e. The molecule has 5 rings (SSSR count). The van der Waals surface area contributed by atoms with Crippen molar-refractivity contribution < 1.29 is 9.53 Å². The number of nitrogen functional groups attached to an aromatic ring is 1. The van der Waals surface area contributed by atoms with Crippen LogP contribution in [0.2, 0.25) is 0 Å². The van der Waals surface area contributed by atoms with Gasteiger partial charge in [-0.15, -0.1) is 0 Å². The Morgan fingerprint density at radius 3 is 2.06 bits per heavy atom. The molecule has 1 aliphatic heterocycles. The fourth-order valence-corrected chi connectivity index (χ4v) is 4.93. The van der Waals surface area contributed by atoms with E-state index in [0.29, 0.717) is 12.2 Å². The van der Waals surface area contributed by atoms with E-state index in [1.165, 1.54) is 0 Å². The van der Waals surface area contributed by atoms with E-state index in [1.54, 1.807) is 0 Å². The number of amidine groups is 1. The third-order valence-corrected chi connectivity index (χ3v) is 6.54. The first-order chi connectivity index (χ1) is 17.6. The Morgan fingerprint density at radius 2 is 1.44 bits per heavy atom. The van der Waals surface area contributed by atoms with E-state index >= 15 is 0 Å². The van der Waals surface area contributed by atoms with Crippen LogP contribution in [0.1, 0.15) is 35.2 Å². The summed E-state index contributed by atoms with van der Waals surface area (Å²) in [6, 6.07) is 37.3. The minimum atomic E-state index is -1.30. The summed E-state index contributed by atoms with van der Waals surface area (Å²) in [6.45, 7) is 2.65. The molecule has 5 heteroatoms. The molecule has 0 aliphatic carbocycles. The normalized spacial score (nSPS) is 19.1. The van der Waals surface area contributed by atoms with Gasteiger partial charge in [0.1, 0.15) is 5.84 Å². The third kappa shape index (κ3) is 4.24. The molecular formula is C31H29N3O2. The minimum Gasteiger partial charge on any atom is -0.464 e. The van der Waals surface area contributed by atoms with E-state index in [-0.39, 0.29) is 12.6 Å². The van der Waals surface area contributed by atoms with E-state index in [1.807, 2.05) is 110 Å². The number of carbonyl (C=O) groups excluding carboxylic acids is 1. The lowest BCUT2D eigenvalue weighted by Crippen LogP contribution is -2.44. The van der Waals surface area contributed by atoms with Crippen LogP contribution in [0.4, 0.5) is 5.69 Å². The smallest absolute Gasteiger partial charge is 0.341 e. The van der Waals surface area contributed by atoms with Gasteiger partial charge in [0.05, 0.1) is 12.6 Å². The Labute approximate surface area is 211 Å². The number of aliphatic imine (C=N–C) groups is 1. The van der Waals surface area contributed by atoms with Gasteiger partial charge in [0.15, 0.2) is 0 Å². The summed E-state index contributed by atoms with van der Waals surface area (Å²) in [4.78, 5) is 21.5. The first-order valence-electron chi connectivity index (χ1n) is 12.2. The average Bonchev–Trinajstić information content (AvgIpc) is 3.27. The van der Waals surface area contributed by atoms with Gasteiger partial charge in [0, 0.05) is 17.8 Å². The van der Waals surface area contributed by atoms with Gasteiger partial charge in [-0.3, -0.25) is 0 Å². The molecule has 0 fully saturated rings. The van der Waals surface area contributed by atoms with Gasteiger partial charge in [-0.1, -0.05) is 103 Å². The van der Waals surface area contributed by atoms with Crippen LogP contribution >= 0.6 is 0 Å². The van der Waals surface area contributed by atoms with Gasteiger partial charge in [-0.2, -0.15) is 0 Å². The number of rotatable bonds is 7. The topological polar surface area (TPSA) is 67.9 Å². The summed E-state index contributed by atoms with van der Waals surface area (Å²) < 4.78 is 5.74. The summed E-state index contributed by atoms with van der Waals surface area (Å²) in [6.07, 6.45) is 0. The zero-order valence-electron chi connectivity index (χ0n) is 20.2. The highest BCUT2D eigenvalue weighted by atomic mass is 16.5. The molecule has 0 unspecified atom stereocenters. The van der Waals surface area contributed by atoms with Crippen molar-refractivity contribution in [3.8, 4) is 0 Å². The zero-order chi connectivity index (χ0) is 25.0. The molecule has 4 aromatic rings. The number of benzene rings is 4. The first-order valence-corrected chi connectivity index (χ1v) is 12.2. The van der Waals surface area contributed by atoms with Crippen LogP contribution in [0.15, 0.2) is 120 Å². The lowest BCUT2D eigenvalue weighted by molar-refractivity contribution is -0.151. The van der Waals surface area contributed by atoms with E-state index in [0.717, 1.165) is 28.1 Å². The maximum absolute atomic E-state index is 14.0. The number of ether oxygens (including phenoxy) is 1. The number of nitrogens with zero attached hydrogens (tertiary/aromatic N) is 2. The number of nitrogens with two attached hydrogens (primary N) is 1. The Bertz CT molecular complexity index is 1340. The Morgan fingerprint density at radius 1 is 0.861 bits per heavy atom. The number of carbonyl (C=O) groups is 1. The SMILES string of the molecule is CCOC(=O)[C@]1(c2ccccc2)N=C(c2ccccc2)N(Cc2ccccc2)[C@@H]1c1ccc(N)cc1. The Kier molecular flexibility index (Phi) is 6.54. The molecule has 0 aromatic heterocycles. The molecule has 180 valence electrons. The van der Waals surface area contributed by atoms with Crippen LogP contribution in [-0.2, 0) is 21.6 Å². The van der Waals surface area contributed by atoms with Crippen LogP contribution in [0.25, 0.3) is 0 Å². The van der Waals surface area contributed by atoms with Crippen LogP contribution < -0.4 is 5.73 Å². The Hall–Kier alpha value is -4.38. The molecule has 0 bridgehead atoms. The van der Waals surface area contributed by atoms with Crippen LogP contribution in [0.5, 0.6) is 0 Å². The van der Waals surface area contributed by atoms with Crippen LogP contribution in [-0.4, -0.2) is 23.3 Å². The second-order valence-electron chi connectivity index (χ2n) is 8.84.